The highest BCUT2D eigenvalue weighted by Gasteiger charge is 2.29. The van der Waals surface area contributed by atoms with Crippen molar-refractivity contribution in [3.05, 3.63) is 74.7 Å². The van der Waals surface area contributed by atoms with Crippen LogP contribution in [-0.4, -0.2) is 15.6 Å². The fourth-order valence-electron chi connectivity index (χ4n) is 3.54. The molecule has 1 fully saturated rings. The molecule has 1 aromatic carbocycles. The zero-order valence-electron chi connectivity index (χ0n) is 16.5. The van der Waals surface area contributed by atoms with Crippen LogP contribution in [0.1, 0.15) is 77.7 Å². The summed E-state index contributed by atoms with van der Waals surface area (Å²) >= 11 is 0. The summed E-state index contributed by atoms with van der Waals surface area (Å²) in [4.78, 5) is 24.5. The van der Waals surface area contributed by atoms with Crippen molar-refractivity contribution in [2.24, 2.45) is 5.73 Å². The number of nitrogens with two attached hydrogens (primary N) is 1. The molecule has 3 rings (SSSR count). The lowest BCUT2D eigenvalue weighted by Gasteiger charge is -2.16. The zero-order valence-corrected chi connectivity index (χ0v) is 16.5. The van der Waals surface area contributed by atoms with Gasteiger partial charge in [-0.05, 0) is 47.9 Å². The van der Waals surface area contributed by atoms with E-state index in [2.05, 4.69) is 13.8 Å². The molecule has 1 aliphatic carbocycles. The van der Waals surface area contributed by atoms with E-state index < -0.39 is 11.5 Å². The first-order chi connectivity index (χ1) is 13.5. The minimum Gasteiger partial charge on any atom is -0.477 e. The van der Waals surface area contributed by atoms with Gasteiger partial charge < -0.3 is 10.8 Å². The highest BCUT2D eigenvalue weighted by atomic mass is 16.4. The van der Waals surface area contributed by atoms with Gasteiger partial charge in [0, 0.05) is 24.4 Å². The van der Waals surface area contributed by atoms with Crippen LogP contribution in [-0.2, 0) is 13.0 Å². The minimum atomic E-state index is -1.16. The first-order valence-corrected chi connectivity index (χ1v) is 9.95. The SMILES string of the molecule is CCCc1c(C2CC2)cc(C(=O)O)c(=O)n1/C=C\C(C)c1ccc(CN)cc1. The smallest absolute Gasteiger partial charge is 0.341 e. The molecule has 2 aromatic rings. The Balaban J connectivity index is 2.01. The van der Waals surface area contributed by atoms with Gasteiger partial charge >= 0.3 is 5.97 Å². The summed E-state index contributed by atoms with van der Waals surface area (Å²) in [6, 6.07) is 9.69. The van der Waals surface area contributed by atoms with Crippen LogP contribution in [0.25, 0.3) is 6.20 Å². The number of carboxylic acid groups (broad SMARTS) is 1. The minimum absolute atomic E-state index is 0.0889. The predicted molar refractivity (Wildman–Crippen MR) is 112 cm³/mol. The van der Waals surface area contributed by atoms with Gasteiger partial charge in [-0.3, -0.25) is 9.36 Å². The molecule has 1 saturated carbocycles. The van der Waals surface area contributed by atoms with Gasteiger partial charge in [0.15, 0.2) is 0 Å². The normalized spacial score (nSPS) is 15.1. The van der Waals surface area contributed by atoms with E-state index in [9.17, 15) is 14.7 Å². The highest BCUT2D eigenvalue weighted by molar-refractivity contribution is 5.87. The van der Waals surface area contributed by atoms with Crippen LogP contribution in [0, 0.1) is 0 Å². The predicted octanol–water partition coefficient (Wildman–Crippen LogP) is 4.11. The Morgan fingerprint density at radius 3 is 2.54 bits per heavy atom. The third kappa shape index (κ3) is 4.25. The van der Waals surface area contributed by atoms with Crippen molar-refractivity contribution in [2.75, 3.05) is 0 Å². The molecule has 1 aromatic heterocycles. The first kappa shape index (κ1) is 20.1. The number of benzene rings is 1. The Bertz CT molecular complexity index is 938. The van der Waals surface area contributed by atoms with Crippen molar-refractivity contribution < 1.29 is 9.90 Å². The second kappa shape index (κ2) is 8.57. The fraction of sp³-hybridized carbons (Fsp3) is 0.391. The molecular weight excluding hydrogens is 352 g/mol. The molecule has 0 radical (unpaired) electrons. The topological polar surface area (TPSA) is 85.3 Å². The maximum absolute atomic E-state index is 12.9. The lowest BCUT2D eigenvalue weighted by molar-refractivity contribution is 0.0694. The number of pyridine rings is 1. The summed E-state index contributed by atoms with van der Waals surface area (Å²) in [5.74, 6) is -0.699. The van der Waals surface area contributed by atoms with Crippen LogP contribution in [0.5, 0.6) is 0 Å². The number of carboxylic acids is 1. The molecule has 0 saturated heterocycles. The van der Waals surface area contributed by atoms with Gasteiger partial charge in [-0.2, -0.15) is 0 Å². The third-order valence-corrected chi connectivity index (χ3v) is 5.37. The Kier molecular flexibility index (Phi) is 6.15. The van der Waals surface area contributed by atoms with Crippen LogP contribution in [0.3, 0.4) is 0 Å². The van der Waals surface area contributed by atoms with Gasteiger partial charge in [0.2, 0.25) is 0 Å². The molecule has 1 atom stereocenters. The fourth-order valence-corrected chi connectivity index (χ4v) is 3.54. The number of nitrogens with zero attached hydrogens (tertiary/aromatic N) is 1. The van der Waals surface area contributed by atoms with Crippen molar-refractivity contribution in [2.45, 2.75) is 57.9 Å². The van der Waals surface area contributed by atoms with Crippen LogP contribution >= 0.6 is 0 Å². The molecule has 28 heavy (non-hydrogen) atoms. The van der Waals surface area contributed by atoms with E-state index >= 15 is 0 Å². The summed E-state index contributed by atoms with van der Waals surface area (Å²) in [7, 11) is 0. The van der Waals surface area contributed by atoms with E-state index in [0.717, 1.165) is 48.1 Å². The van der Waals surface area contributed by atoms with Crippen molar-refractivity contribution in [3.63, 3.8) is 0 Å². The third-order valence-electron chi connectivity index (χ3n) is 5.37. The quantitative estimate of drug-likeness (QED) is 0.722. The first-order valence-electron chi connectivity index (χ1n) is 9.95. The highest BCUT2D eigenvalue weighted by Crippen LogP contribution is 2.42. The Labute approximate surface area is 165 Å². The molecule has 1 heterocycles. The molecule has 0 amide bonds. The van der Waals surface area contributed by atoms with Gasteiger partial charge in [0.05, 0.1) is 0 Å². The van der Waals surface area contributed by atoms with E-state index in [0.29, 0.717) is 12.5 Å². The summed E-state index contributed by atoms with van der Waals surface area (Å²) in [5.41, 5.74) is 9.21. The second-order valence-electron chi connectivity index (χ2n) is 7.54. The van der Waals surface area contributed by atoms with E-state index in [1.165, 1.54) is 0 Å². The molecule has 1 unspecified atom stereocenters. The molecule has 0 bridgehead atoms. The molecule has 148 valence electrons. The molecular formula is C23H28N2O3. The van der Waals surface area contributed by atoms with Crippen LogP contribution in [0.2, 0.25) is 0 Å². The van der Waals surface area contributed by atoms with Crippen LogP contribution in [0.15, 0.2) is 41.2 Å². The summed E-state index contributed by atoms with van der Waals surface area (Å²) in [5, 5.41) is 9.49. The Hall–Kier alpha value is -2.66. The Morgan fingerprint density at radius 2 is 2.00 bits per heavy atom. The van der Waals surface area contributed by atoms with Crippen LogP contribution < -0.4 is 11.3 Å². The summed E-state index contributed by atoms with van der Waals surface area (Å²) < 4.78 is 1.56. The number of aromatic carboxylic acids is 1. The molecule has 5 heteroatoms. The van der Waals surface area contributed by atoms with Crippen molar-refractivity contribution in [3.8, 4) is 0 Å². The standard InChI is InChI=1S/C23H28N2O3/c1-3-4-21-19(18-9-10-18)13-20(23(27)28)22(26)25(21)12-11-15(2)17-7-5-16(14-24)6-8-17/h5-8,11-13,15,18H,3-4,9-10,14,24H2,1-2H3,(H,27,28)/b12-11-. The largest absolute Gasteiger partial charge is 0.477 e. The number of hydrogen-bond acceptors (Lipinski definition) is 3. The van der Waals surface area contributed by atoms with Gasteiger partial charge in [-0.25, -0.2) is 4.79 Å². The summed E-state index contributed by atoms with van der Waals surface area (Å²) in [6.07, 6.45) is 7.48. The average molecular weight is 380 g/mol. The molecule has 0 spiro atoms. The van der Waals surface area contributed by atoms with E-state index in [1.54, 1.807) is 16.8 Å². The number of hydrogen-bond donors (Lipinski definition) is 2. The second-order valence-corrected chi connectivity index (χ2v) is 7.54. The monoisotopic (exact) mass is 380 g/mol. The van der Waals surface area contributed by atoms with Gasteiger partial charge in [-0.15, -0.1) is 0 Å². The lowest BCUT2D eigenvalue weighted by Crippen LogP contribution is -2.27. The Morgan fingerprint density at radius 1 is 1.32 bits per heavy atom. The van der Waals surface area contributed by atoms with Crippen molar-refractivity contribution in [1.29, 1.82) is 0 Å². The molecule has 5 nitrogen and oxygen atoms in total. The van der Waals surface area contributed by atoms with Gasteiger partial charge in [0.25, 0.3) is 5.56 Å². The molecule has 1 aliphatic rings. The number of allylic oxidation sites excluding steroid dienone is 1. The van der Waals surface area contributed by atoms with E-state index in [-0.39, 0.29) is 11.5 Å². The lowest BCUT2D eigenvalue weighted by atomic mass is 9.99. The number of aromatic nitrogens is 1. The van der Waals surface area contributed by atoms with Crippen LogP contribution in [0.4, 0.5) is 0 Å². The maximum atomic E-state index is 12.9. The van der Waals surface area contributed by atoms with Crippen molar-refractivity contribution >= 4 is 12.2 Å². The maximum Gasteiger partial charge on any atom is 0.341 e. The number of rotatable bonds is 8. The van der Waals surface area contributed by atoms with E-state index in [4.69, 9.17) is 5.73 Å². The average Bonchev–Trinajstić information content (AvgIpc) is 3.52. The molecule has 3 N–H and O–H groups in total. The van der Waals surface area contributed by atoms with Gasteiger partial charge in [-0.1, -0.05) is 50.6 Å². The zero-order chi connectivity index (χ0) is 20.3. The molecule has 0 aliphatic heterocycles. The summed E-state index contributed by atoms with van der Waals surface area (Å²) in [6.45, 7) is 4.63. The van der Waals surface area contributed by atoms with Gasteiger partial charge in [0.1, 0.15) is 5.56 Å². The number of carbonyl (C=O) groups is 1. The van der Waals surface area contributed by atoms with Crippen molar-refractivity contribution in [1.82, 2.24) is 4.57 Å². The van der Waals surface area contributed by atoms with E-state index in [1.807, 2.05) is 30.3 Å².